The molecule has 1 fully saturated rings. The van der Waals surface area contributed by atoms with E-state index < -0.39 is 25.9 Å². The van der Waals surface area contributed by atoms with E-state index in [1.165, 1.54) is 23.9 Å². The van der Waals surface area contributed by atoms with Crippen molar-refractivity contribution in [1.29, 1.82) is 0 Å². The van der Waals surface area contributed by atoms with E-state index in [9.17, 15) is 14.0 Å². The van der Waals surface area contributed by atoms with Crippen LogP contribution in [0.2, 0.25) is 18.1 Å². The van der Waals surface area contributed by atoms with Crippen molar-refractivity contribution in [3.8, 4) is 17.0 Å². The molecule has 2 aromatic carbocycles. The van der Waals surface area contributed by atoms with Crippen LogP contribution in [0.25, 0.3) is 11.3 Å². The number of hydrogen-bond donors (Lipinski definition) is 3. The molecule has 4 rings (SSSR count). The highest BCUT2D eigenvalue weighted by atomic mass is 28.4. The minimum atomic E-state index is -1.86. The molecule has 1 aromatic heterocycles. The maximum Gasteiger partial charge on any atom is 0.269 e. The molecule has 0 aliphatic heterocycles. The standard InChI is InChI=1S/C31H42FN5O4Si/c1-31(2,3)42(5,6)41-23-14-11-21(12-15-23)29-36-26(27(28(33)38)37(29)34)20-9-7-19(8-10-20)18-35-30(39)24-17-22(32)13-16-25(24)40-4/h7-10,13,16-17,21,23H,11-12,14-15,18,34H2,1-6H3,(H2,33,38)(H,35,39). The summed E-state index contributed by atoms with van der Waals surface area (Å²) in [7, 11) is -0.437. The Hall–Kier alpha value is -3.70. The maximum absolute atomic E-state index is 13.7. The molecule has 5 N–H and O–H groups in total. The minimum Gasteiger partial charge on any atom is -0.496 e. The first-order valence-electron chi connectivity index (χ1n) is 14.3. The Kier molecular flexibility index (Phi) is 9.12. The Morgan fingerprint density at radius 1 is 1.10 bits per heavy atom. The molecule has 0 spiro atoms. The number of nitrogens with zero attached hydrogens (tertiary/aromatic N) is 2. The van der Waals surface area contributed by atoms with E-state index in [1.54, 1.807) is 0 Å². The molecule has 1 aliphatic rings. The fourth-order valence-electron chi connectivity index (χ4n) is 5.12. The second kappa shape index (κ2) is 12.3. The summed E-state index contributed by atoms with van der Waals surface area (Å²) in [6.07, 6.45) is 3.76. The van der Waals surface area contributed by atoms with Crippen LogP contribution < -0.4 is 21.6 Å². The molecule has 0 atom stereocenters. The van der Waals surface area contributed by atoms with Gasteiger partial charge in [0, 0.05) is 24.1 Å². The molecule has 9 nitrogen and oxygen atoms in total. The third-order valence-corrected chi connectivity index (χ3v) is 13.1. The van der Waals surface area contributed by atoms with E-state index in [0.717, 1.165) is 37.3 Å². The first kappa shape index (κ1) is 31.2. The Balaban J connectivity index is 1.46. The van der Waals surface area contributed by atoms with E-state index in [2.05, 4.69) is 39.2 Å². The molecule has 0 radical (unpaired) electrons. The Morgan fingerprint density at radius 2 is 1.74 bits per heavy atom. The first-order chi connectivity index (χ1) is 19.7. The summed E-state index contributed by atoms with van der Waals surface area (Å²) in [5.41, 5.74) is 7.94. The molecule has 226 valence electrons. The molecule has 2 amide bonds. The number of amides is 2. The summed E-state index contributed by atoms with van der Waals surface area (Å²) >= 11 is 0. The number of benzene rings is 2. The van der Waals surface area contributed by atoms with Gasteiger partial charge < -0.3 is 26.1 Å². The number of nitrogens with two attached hydrogens (primary N) is 2. The van der Waals surface area contributed by atoms with Gasteiger partial charge in [-0.15, -0.1) is 0 Å². The van der Waals surface area contributed by atoms with E-state index in [-0.39, 0.29) is 40.6 Å². The van der Waals surface area contributed by atoms with Crippen LogP contribution in [0.4, 0.5) is 4.39 Å². The summed E-state index contributed by atoms with van der Waals surface area (Å²) < 4.78 is 26.8. The van der Waals surface area contributed by atoms with E-state index in [4.69, 9.17) is 25.7 Å². The van der Waals surface area contributed by atoms with Crippen molar-refractivity contribution >= 4 is 20.1 Å². The van der Waals surface area contributed by atoms with Crippen LogP contribution in [0.1, 0.15) is 84.6 Å². The number of aromatic nitrogens is 2. The molecule has 42 heavy (non-hydrogen) atoms. The topological polar surface area (TPSA) is 134 Å². The van der Waals surface area contributed by atoms with Crippen LogP contribution in [0.5, 0.6) is 5.75 Å². The fourth-order valence-corrected chi connectivity index (χ4v) is 6.55. The van der Waals surface area contributed by atoms with Crippen molar-refractivity contribution in [2.45, 2.75) is 83.2 Å². The first-order valence-corrected chi connectivity index (χ1v) is 17.2. The Morgan fingerprint density at radius 3 is 2.31 bits per heavy atom. The molecule has 1 aliphatic carbocycles. The fraction of sp³-hybridized carbons (Fsp3) is 0.452. The van der Waals surface area contributed by atoms with Gasteiger partial charge >= 0.3 is 0 Å². The number of carbonyl (C=O) groups is 2. The molecule has 0 unspecified atom stereocenters. The van der Waals surface area contributed by atoms with Gasteiger partial charge in [-0.2, -0.15) is 0 Å². The number of carbonyl (C=O) groups excluding carboxylic acids is 2. The molecule has 1 heterocycles. The second-order valence-corrected chi connectivity index (χ2v) is 17.2. The summed E-state index contributed by atoms with van der Waals surface area (Å²) in [5.74, 6) is 5.80. The predicted molar refractivity (Wildman–Crippen MR) is 164 cm³/mol. The number of nitrogen functional groups attached to an aromatic ring is 1. The van der Waals surface area contributed by atoms with Crippen molar-refractivity contribution in [2.24, 2.45) is 5.73 Å². The van der Waals surface area contributed by atoms with Gasteiger partial charge in [-0.05, 0) is 67.6 Å². The number of primary amides is 1. The summed E-state index contributed by atoms with van der Waals surface area (Å²) in [4.78, 5) is 29.9. The van der Waals surface area contributed by atoms with E-state index in [1.807, 2.05) is 24.3 Å². The molecule has 11 heteroatoms. The lowest BCUT2D eigenvalue weighted by Gasteiger charge is -2.41. The van der Waals surface area contributed by atoms with Crippen LogP contribution in [-0.4, -0.2) is 43.0 Å². The number of methoxy groups -OCH3 is 1. The largest absolute Gasteiger partial charge is 0.496 e. The van der Waals surface area contributed by atoms with Crippen molar-refractivity contribution in [2.75, 3.05) is 13.0 Å². The van der Waals surface area contributed by atoms with Crippen LogP contribution in [-0.2, 0) is 11.0 Å². The lowest BCUT2D eigenvalue weighted by atomic mass is 9.87. The Bertz CT molecular complexity index is 1440. The zero-order valence-electron chi connectivity index (χ0n) is 25.3. The lowest BCUT2D eigenvalue weighted by molar-refractivity contribution is 0.0946. The van der Waals surface area contributed by atoms with Crippen LogP contribution in [0.15, 0.2) is 42.5 Å². The van der Waals surface area contributed by atoms with Crippen molar-refractivity contribution in [1.82, 2.24) is 15.0 Å². The van der Waals surface area contributed by atoms with Gasteiger partial charge in [0.15, 0.2) is 14.0 Å². The summed E-state index contributed by atoms with van der Waals surface area (Å²) in [6, 6.07) is 11.0. The minimum absolute atomic E-state index is 0.0930. The smallest absolute Gasteiger partial charge is 0.269 e. The van der Waals surface area contributed by atoms with Crippen LogP contribution in [0.3, 0.4) is 0 Å². The van der Waals surface area contributed by atoms with Gasteiger partial charge in [0.1, 0.15) is 23.1 Å². The number of halogens is 1. The zero-order valence-corrected chi connectivity index (χ0v) is 26.3. The number of imidazole rings is 1. The molecule has 3 aromatic rings. The van der Waals surface area contributed by atoms with Crippen LogP contribution >= 0.6 is 0 Å². The van der Waals surface area contributed by atoms with Gasteiger partial charge in [-0.1, -0.05) is 45.0 Å². The van der Waals surface area contributed by atoms with Gasteiger partial charge in [0.2, 0.25) is 0 Å². The van der Waals surface area contributed by atoms with Gasteiger partial charge in [-0.25, -0.2) is 14.1 Å². The number of nitrogens with one attached hydrogen (secondary N) is 1. The van der Waals surface area contributed by atoms with Crippen molar-refractivity contribution in [3.05, 3.63) is 70.9 Å². The lowest BCUT2D eigenvalue weighted by Crippen LogP contribution is -2.44. The third-order valence-electron chi connectivity index (χ3n) is 8.57. The summed E-state index contributed by atoms with van der Waals surface area (Å²) in [5, 5.41) is 2.93. The van der Waals surface area contributed by atoms with Crippen molar-refractivity contribution < 1.29 is 23.1 Å². The normalized spacial score (nSPS) is 17.6. The SMILES string of the molecule is COc1ccc(F)cc1C(=O)NCc1ccc(-c2nc(C3CCC(O[Si](C)(C)C(C)(C)C)CC3)n(N)c2C(N)=O)cc1. The molecular formula is C31H42FN5O4Si. The molecule has 0 saturated heterocycles. The molecule has 0 bridgehead atoms. The number of ether oxygens (including phenoxy) is 1. The highest BCUT2D eigenvalue weighted by molar-refractivity contribution is 6.74. The monoisotopic (exact) mass is 595 g/mol. The predicted octanol–water partition coefficient (Wildman–Crippen LogP) is 5.49. The van der Waals surface area contributed by atoms with Gasteiger partial charge in [-0.3, -0.25) is 9.59 Å². The zero-order chi connectivity index (χ0) is 30.8. The molecule has 1 saturated carbocycles. The van der Waals surface area contributed by atoms with E-state index >= 15 is 0 Å². The van der Waals surface area contributed by atoms with Crippen molar-refractivity contribution in [3.63, 3.8) is 0 Å². The highest BCUT2D eigenvalue weighted by Gasteiger charge is 2.40. The van der Waals surface area contributed by atoms with E-state index in [0.29, 0.717) is 17.1 Å². The van der Waals surface area contributed by atoms with Gasteiger partial charge in [0.05, 0.1) is 12.7 Å². The second-order valence-electron chi connectivity index (χ2n) is 12.5. The average Bonchev–Trinajstić information content (AvgIpc) is 3.28. The highest BCUT2D eigenvalue weighted by Crippen LogP contribution is 2.41. The summed E-state index contributed by atoms with van der Waals surface area (Å²) in [6.45, 7) is 11.5. The number of rotatable bonds is 9. The quantitative estimate of drug-likeness (QED) is 0.221. The van der Waals surface area contributed by atoms with Crippen LogP contribution in [0, 0.1) is 5.82 Å². The number of hydrogen-bond acceptors (Lipinski definition) is 6. The van der Waals surface area contributed by atoms with Gasteiger partial charge in [0.25, 0.3) is 11.8 Å². The molecular weight excluding hydrogens is 553 g/mol. The maximum atomic E-state index is 13.7. The Labute approximate surface area is 247 Å². The third kappa shape index (κ3) is 6.68. The average molecular weight is 596 g/mol.